The van der Waals surface area contributed by atoms with Crippen LogP contribution >= 0.6 is 0 Å². The number of ether oxygens (including phenoxy) is 2. The Balaban J connectivity index is 2.42. The topological polar surface area (TPSA) is 69.7 Å². The van der Waals surface area contributed by atoms with E-state index in [0.29, 0.717) is 16.9 Å². The van der Waals surface area contributed by atoms with Gasteiger partial charge in [-0.3, -0.25) is 14.4 Å². The molecule has 2 aliphatic carbocycles. The molecule has 0 unspecified atom stereocenters. The number of esters is 2. The second-order valence-corrected chi connectivity index (χ2v) is 9.81. The summed E-state index contributed by atoms with van der Waals surface area (Å²) in [6.07, 6.45) is 3.28. The maximum Gasteiger partial charge on any atom is 0.308 e. The fraction of sp³-hybridized carbons (Fsp3) is 0.625. The lowest BCUT2D eigenvalue weighted by molar-refractivity contribution is -0.155. The fourth-order valence-corrected chi connectivity index (χ4v) is 6.00. The Morgan fingerprint density at radius 3 is 2.31 bits per heavy atom. The van der Waals surface area contributed by atoms with Gasteiger partial charge in [-0.1, -0.05) is 41.0 Å². The predicted molar refractivity (Wildman–Crippen MR) is 110 cm³/mol. The third-order valence-electron chi connectivity index (χ3n) is 6.87. The Kier molecular flexibility index (Phi) is 5.39. The van der Waals surface area contributed by atoms with Crippen molar-refractivity contribution in [3.05, 3.63) is 28.3 Å². The summed E-state index contributed by atoms with van der Waals surface area (Å²) in [5.74, 6) is -0.296. The van der Waals surface area contributed by atoms with E-state index in [-0.39, 0.29) is 28.6 Å². The first-order valence-electron chi connectivity index (χ1n) is 10.5. The number of carbonyl (C=O) groups is 3. The van der Waals surface area contributed by atoms with Crippen molar-refractivity contribution in [2.24, 2.45) is 11.3 Å². The van der Waals surface area contributed by atoms with E-state index in [1.807, 2.05) is 19.9 Å². The molecule has 0 amide bonds. The molecule has 3 atom stereocenters. The van der Waals surface area contributed by atoms with Crippen molar-refractivity contribution in [1.82, 2.24) is 0 Å². The van der Waals surface area contributed by atoms with E-state index in [9.17, 15) is 14.4 Å². The average Bonchev–Trinajstić information content (AvgIpc) is 2.84. The minimum absolute atomic E-state index is 0.00179. The van der Waals surface area contributed by atoms with Gasteiger partial charge in [0, 0.05) is 36.3 Å². The van der Waals surface area contributed by atoms with Gasteiger partial charge >= 0.3 is 11.9 Å². The molecular formula is C24H32O5. The van der Waals surface area contributed by atoms with Crippen molar-refractivity contribution < 1.29 is 23.9 Å². The minimum atomic E-state index is -0.547. The van der Waals surface area contributed by atoms with Crippen molar-refractivity contribution in [1.29, 1.82) is 0 Å². The van der Waals surface area contributed by atoms with Gasteiger partial charge in [0.2, 0.25) is 0 Å². The SMILES string of the molecule is CC(=O)Oc1c(C(C)C)cc(C=O)c2c1[C@H](OC(C)=O)[C@H]1C(C)(C)CCC[C@]21C. The van der Waals surface area contributed by atoms with Crippen LogP contribution in [-0.4, -0.2) is 18.2 Å². The molecule has 0 aliphatic heterocycles. The summed E-state index contributed by atoms with van der Waals surface area (Å²) in [6, 6.07) is 1.86. The van der Waals surface area contributed by atoms with Gasteiger partial charge in [0.1, 0.15) is 18.1 Å². The smallest absolute Gasteiger partial charge is 0.308 e. The van der Waals surface area contributed by atoms with Crippen LogP contribution < -0.4 is 4.74 Å². The lowest BCUT2D eigenvalue weighted by atomic mass is 9.56. The lowest BCUT2D eigenvalue weighted by Gasteiger charge is -2.49. The summed E-state index contributed by atoms with van der Waals surface area (Å²) < 4.78 is 11.7. The normalized spacial score (nSPS) is 27.2. The van der Waals surface area contributed by atoms with Crippen LogP contribution in [0, 0.1) is 11.3 Å². The molecule has 1 fully saturated rings. The average molecular weight is 401 g/mol. The molecule has 1 saturated carbocycles. The van der Waals surface area contributed by atoms with Crippen molar-refractivity contribution in [3.8, 4) is 5.75 Å². The Bertz CT molecular complexity index is 867. The van der Waals surface area contributed by atoms with Crippen LogP contribution in [0.2, 0.25) is 0 Å². The zero-order chi connectivity index (χ0) is 21.7. The highest BCUT2D eigenvalue weighted by atomic mass is 16.6. The Labute approximate surface area is 173 Å². The summed E-state index contributed by atoms with van der Waals surface area (Å²) in [6.45, 7) is 13.3. The van der Waals surface area contributed by atoms with Crippen LogP contribution in [0.1, 0.15) is 107 Å². The first-order valence-corrected chi connectivity index (χ1v) is 10.5. The monoisotopic (exact) mass is 400 g/mol. The number of carbonyl (C=O) groups excluding carboxylic acids is 3. The number of hydrogen-bond acceptors (Lipinski definition) is 5. The first-order chi connectivity index (χ1) is 13.4. The summed E-state index contributed by atoms with van der Waals surface area (Å²) in [5.41, 5.74) is 2.57. The van der Waals surface area contributed by atoms with Gasteiger partial charge < -0.3 is 9.47 Å². The zero-order valence-electron chi connectivity index (χ0n) is 18.5. The molecule has 0 spiro atoms. The molecule has 0 N–H and O–H groups in total. The van der Waals surface area contributed by atoms with Gasteiger partial charge in [0.15, 0.2) is 0 Å². The van der Waals surface area contributed by atoms with E-state index in [1.165, 1.54) is 13.8 Å². The van der Waals surface area contributed by atoms with Crippen LogP contribution in [0.25, 0.3) is 0 Å². The van der Waals surface area contributed by atoms with E-state index >= 15 is 0 Å². The summed E-state index contributed by atoms with van der Waals surface area (Å²) in [7, 11) is 0. The largest absolute Gasteiger partial charge is 0.457 e. The number of benzene rings is 1. The van der Waals surface area contributed by atoms with Crippen molar-refractivity contribution in [2.75, 3.05) is 0 Å². The fourth-order valence-electron chi connectivity index (χ4n) is 6.00. The molecule has 158 valence electrons. The Morgan fingerprint density at radius 1 is 1.14 bits per heavy atom. The maximum atomic E-state index is 12.2. The standard InChI is InChI=1S/C24H32O5/c1-13(2)17-11-16(12-25)19-18(20(17)28-14(3)26)21(29-15(4)27)22-23(5,6)9-8-10-24(19,22)7/h11-13,21-22H,8-10H2,1-7H3/t21-,22-,24+/m0/s1. The van der Waals surface area contributed by atoms with Gasteiger partial charge in [-0.15, -0.1) is 0 Å². The van der Waals surface area contributed by atoms with Gasteiger partial charge in [-0.25, -0.2) is 0 Å². The molecule has 3 rings (SSSR count). The molecule has 1 aromatic carbocycles. The molecule has 0 radical (unpaired) electrons. The molecule has 0 aromatic heterocycles. The quantitative estimate of drug-likeness (QED) is 0.392. The first kappa shape index (κ1) is 21.5. The van der Waals surface area contributed by atoms with Gasteiger partial charge in [0.05, 0.1) is 0 Å². The molecule has 0 saturated heterocycles. The van der Waals surface area contributed by atoms with Crippen molar-refractivity contribution in [3.63, 3.8) is 0 Å². The summed E-state index contributed by atoms with van der Waals surface area (Å²) in [4.78, 5) is 36.3. The lowest BCUT2D eigenvalue weighted by Crippen LogP contribution is -2.44. The number of rotatable bonds is 4. The van der Waals surface area contributed by atoms with Crippen LogP contribution in [0.4, 0.5) is 0 Å². The van der Waals surface area contributed by atoms with E-state index < -0.39 is 12.1 Å². The second kappa shape index (κ2) is 7.26. The number of hydrogen-bond donors (Lipinski definition) is 0. The number of fused-ring (bicyclic) bond motifs is 3. The Morgan fingerprint density at radius 2 is 1.79 bits per heavy atom. The Hall–Kier alpha value is -2.17. The summed E-state index contributed by atoms with van der Waals surface area (Å²) in [5, 5.41) is 0. The summed E-state index contributed by atoms with van der Waals surface area (Å²) >= 11 is 0. The molecule has 0 heterocycles. The van der Waals surface area contributed by atoms with Crippen LogP contribution in [0.3, 0.4) is 0 Å². The third kappa shape index (κ3) is 3.38. The van der Waals surface area contributed by atoms with Crippen LogP contribution in [0.5, 0.6) is 5.75 Å². The predicted octanol–water partition coefficient (Wildman–Crippen LogP) is 5.25. The third-order valence-corrected chi connectivity index (χ3v) is 6.87. The maximum absolute atomic E-state index is 12.2. The van der Waals surface area contributed by atoms with E-state index in [0.717, 1.165) is 36.7 Å². The highest BCUT2D eigenvalue weighted by molar-refractivity contribution is 5.83. The highest BCUT2D eigenvalue weighted by Crippen LogP contribution is 2.66. The second-order valence-electron chi connectivity index (χ2n) is 9.81. The van der Waals surface area contributed by atoms with E-state index in [4.69, 9.17) is 9.47 Å². The highest BCUT2D eigenvalue weighted by Gasteiger charge is 2.60. The minimum Gasteiger partial charge on any atom is -0.457 e. The molecule has 0 bridgehead atoms. The molecule has 1 aromatic rings. The van der Waals surface area contributed by atoms with E-state index in [1.54, 1.807) is 0 Å². The zero-order valence-corrected chi connectivity index (χ0v) is 18.5. The van der Waals surface area contributed by atoms with Crippen molar-refractivity contribution in [2.45, 2.75) is 85.2 Å². The van der Waals surface area contributed by atoms with E-state index in [2.05, 4.69) is 20.8 Å². The van der Waals surface area contributed by atoms with Crippen LogP contribution in [0.15, 0.2) is 6.07 Å². The van der Waals surface area contributed by atoms with Gasteiger partial charge in [-0.2, -0.15) is 0 Å². The van der Waals surface area contributed by atoms with Crippen LogP contribution in [-0.2, 0) is 19.7 Å². The molecule has 5 heteroatoms. The van der Waals surface area contributed by atoms with Gasteiger partial charge in [-0.05, 0) is 41.4 Å². The molecule has 5 nitrogen and oxygen atoms in total. The molecule has 2 aliphatic rings. The van der Waals surface area contributed by atoms with Gasteiger partial charge in [0.25, 0.3) is 0 Å². The molecule has 29 heavy (non-hydrogen) atoms. The molecular weight excluding hydrogens is 368 g/mol. The van der Waals surface area contributed by atoms with Crippen molar-refractivity contribution >= 4 is 18.2 Å². The number of aldehydes is 1.